The van der Waals surface area contributed by atoms with Crippen LogP contribution in [-0.2, 0) is 41.8 Å². The number of alkyl halides is 2. The minimum Gasteiger partial charge on any atom is -1.00 e. The first-order valence-electron chi connectivity index (χ1n) is 16.7. The molecule has 2 aliphatic heterocycles. The van der Waals surface area contributed by atoms with Gasteiger partial charge in [-0.1, -0.05) is 17.3 Å². The molecule has 4 aromatic rings. The number of oxime groups is 1. The Kier molecular flexibility index (Phi) is 13.3. The van der Waals surface area contributed by atoms with Crippen LogP contribution in [0.3, 0.4) is 0 Å². The molecule has 3 amide bonds. The number of halogens is 3. The summed E-state index contributed by atoms with van der Waals surface area (Å²) in [5, 5.41) is 8.28. The van der Waals surface area contributed by atoms with E-state index < -0.39 is 47.4 Å². The minimum atomic E-state index is -2.82. The van der Waals surface area contributed by atoms with Gasteiger partial charge in [-0.15, -0.1) is 11.8 Å². The van der Waals surface area contributed by atoms with Crippen LogP contribution in [0.5, 0.6) is 5.75 Å². The van der Waals surface area contributed by atoms with Gasteiger partial charge in [0.2, 0.25) is 23.0 Å². The molecule has 0 saturated carbocycles. The molecule has 2 atom stereocenters. The molecule has 0 spiro atoms. The average Bonchev–Trinajstić information content (AvgIpc) is 3.80. The van der Waals surface area contributed by atoms with Crippen molar-refractivity contribution in [2.24, 2.45) is 5.16 Å². The fraction of sp³-hybridized carbons (Fsp3) is 0.382. The van der Waals surface area contributed by atoms with E-state index in [1.165, 1.54) is 29.8 Å². The van der Waals surface area contributed by atoms with Gasteiger partial charge in [0.15, 0.2) is 0 Å². The zero-order chi connectivity index (χ0) is 39.4. The van der Waals surface area contributed by atoms with Crippen LogP contribution in [0.2, 0.25) is 0 Å². The first-order chi connectivity index (χ1) is 26.3. The number of ether oxygens (including phenoxy) is 3. The number of esters is 1. The van der Waals surface area contributed by atoms with Crippen molar-refractivity contribution in [2.75, 3.05) is 24.8 Å². The molecular formula is C34H36BrF2N9O8S2. The summed E-state index contributed by atoms with van der Waals surface area (Å²) in [5.74, 6) is -1.60. The van der Waals surface area contributed by atoms with Crippen LogP contribution in [0.1, 0.15) is 45.6 Å². The predicted molar refractivity (Wildman–Crippen MR) is 194 cm³/mol. The van der Waals surface area contributed by atoms with Gasteiger partial charge < -0.3 is 41.3 Å². The molecule has 298 valence electrons. The highest BCUT2D eigenvalue weighted by atomic mass is 79.9. The van der Waals surface area contributed by atoms with Gasteiger partial charge in [0, 0.05) is 22.9 Å². The van der Waals surface area contributed by atoms with E-state index in [1.54, 1.807) is 68.8 Å². The Balaban J connectivity index is 0.00000600. The van der Waals surface area contributed by atoms with Crippen molar-refractivity contribution in [3.05, 3.63) is 71.6 Å². The van der Waals surface area contributed by atoms with Crippen molar-refractivity contribution in [3.63, 3.8) is 0 Å². The number of fused-ring (bicyclic) bond motifs is 2. The topological polar surface area (TPSA) is 192 Å². The van der Waals surface area contributed by atoms with E-state index in [0.29, 0.717) is 16.9 Å². The predicted octanol–water partition coefficient (Wildman–Crippen LogP) is 0.768. The van der Waals surface area contributed by atoms with E-state index in [1.807, 2.05) is 0 Å². The number of methoxy groups -OCH3 is 1. The van der Waals surface area contributed by atoms with E-state index in [4.69, 9.17) is 19.0 Å². The molecular weight excluding hydrogens is 844 g/mol. The maximum absolute atomic E-state index is 13.9. The summed E-state index contributed by atoms with van der Waals surface area (Å²) in [6.45, 7) is 3.92. The molecule has 2 N–H and O–H groups in total. The fourth-order valence-electron chi connectivity index (χ4n) is 5.56. The van der Waals surface area contributed by atoms with Gasteiger partial charge in [-0.3, -0.25) is 19.8 Å². The zero-order valence-corrected chi connectivity index (χ0v) is 33.7. The second-order valence-corrected chi connectivity index (χ2v) is 14.8. The third kappa shape index (κ3) is 9.24. The number of carbonyl (C=O) groups is 4. The summed E-state index contributed by atoms with van der Waals surface area (Å²) in [6, 6.07) is 8.87. The second kappa shape index (κ2) is 17.7. The first kappa shape index (κ1) is 41.9. The quantitative estimate of drug-likeness (QED) is 0.0632. The average molecular weight is 881 g/mol. The van der Waals surface area contributed by atoms with Gasteiger partial charge in [-0.05, 0) is 62.5 Å². The molecule has 5 heterocycles. The number of benzene rings is 1. The number of pyridine rings is 1. The number of thioether (sulfide) groups is 1. The van der Waals surface area contributed by atoms with Gasteiger partial charge in [-0.2, -0.15) is 18.1 Å². The Morgan fingerprint density at radius 1 is 1.16 bits per heavy atom. The Labute approximate surface area is 337 Å². The molecule has 2 unspecified atom stereocenters. The largest absolute Gasteiger partial charge is 1.00 e. The van der Waals surface area contributed by atoms with Gasteiger partial charge in [-0.25, -0.2) is 18.7 Å². The van der Waals surface area contributed by atoms with E-state index in [9.17, 15) is 28.0 Å². The van der Waals surface area contributed by atoms with Crippen LogP contribution >= 0.6 is 23.3 Å². The van der Waals surface area contributed by atoms with E-state index in [0.717, 1.165) is 22.4 Å². The molecule has 1 saturated heterocycles. The van der Waals surface area contributed by atoms with Crippen molar-refractivity contribution >= 4 is 69.2 Å². The molecule has 1 fully saturated rings. The number of carbonyl (C=O) groups excluding carboxylic acids is 4. The summed E-state index contributed by atoms with van der Waals surface area (Å²) in [4.78, 5) is 68.4. The highest BCUT2D eigenvalue weighted by molar-refractivity contribution is 8.00. The Hall–Kier alpha value is -5.22. The lowest BCUT2D eigenvalue weighted by atomic mass is 10.0. The Morgan fingerprint density at radius 3 is 2.59 bits per heavy atom. The molecule has 0 aliphatic carbocycles. The van der Waals surface area contributed by atoms with Gasteiger partial charge in [0.1, 0.15) is 53.7 Å². The number of amides is 3. The van der Waals surface area contributed by atoms with Gasteiger partial charge in [0.25, 0.3) is 11.8 Å². The van der Waals surface area contributed by atoms with Crippen LogP contribution in [0, 0.1) is 0 Å². The van der Waals surface area contributed by atoms with Crippen molar-refractivity contribution in [1.82, 2.24) is 29.1 Å². The monoisotopic (exact) mass is 879 g/mol. The van der Waals surface area contributed by atoms with Crippen LogP contribution in [0.4, 0.5) is 18.7 Å². The third-order valence-electron chi connectivity index (χ3n) is 7.98. The molecule has 6 rings (SSSR count). The van der Waals surface area contributed by atoms with Crippen molar-refractivity contribution in [1.29, 1.82) is 0 Å². The number of hydrogen-bond acceptors (Lipinski definition) is 14. The number of rotatable bonds is 13. The number of imidazole rings is 1. The Morgan fingerprint density at radius 2 is 1.91 bits per heavy atom. The summed E-state index contributed by atoms with van der Waals surface area (Å²) < 4.78 is 49.9. The first-order valence-corrected chi connectivity index (χ1v) is 18.5. The lowest BCUT2D eigenvalue weighted by Gasteiger charge is -2.49. The maximum Gasteiger partial charge on any atom is 0.414 e. The van der Waals surface area contributed by atoms with Crippen molar-refractivity contribution < 1.29 is 68.6 Å². The standard InChI is InChI=1S/C34H35F2N9O8S2.BrH/c1-6-52-41-22(25-39-32(55-42-25)40-33(49)53-34(2,3)4)27(46)38-23-28(47)45-24(30(48)51-15-18-9-11-20(50-5)12-10-18)19(16-54-29(23)45)14-43-13-7-8-21-26(43)37-17-44(21)31(35)36;/h7-13,17,23,29,31H,6,14-16H2,1-5H3,(H-,38,39,40,42,46,49);1H/b41-22-;. The molecule has 3 aromatic heterocycles. The zero-order valence-electron chi connectivity index (χ0n) is 30.5. The number of anilines is 1. The fourth-order valence-corrected chi connectivity index (χ4v) is 7.45. The number of hydrogen-bond donors (Lipinski definition) is 2. The second-order valence-electron chi connectivity index (χ2n) is 12.9. The molecule has 56 heavy (non-hydrogen) atoms. The summed E-state index contributed by atoms with van der Waals surface area (Å²) in [7, 11) is 1.53. The lowest BCUT2D eigenvalue weighted by Crippen LogP contribution is -3.00. The summed E-state index contributed by atoms with van der Waals surface area (Å²) in [6.07, 6.45) is 1.89. The van der Waals surface area contributed by atoms with Crippen molar-refractivity contribution in [2.45, 2.75) is 64.4 Å². The van der Waals surface area contributed by atoms with Crippen molar-refractivity contribution in [3.8, 4) is 5.75 Å². The molecule has 0 bridgehead atoms. The van der Waals surface area contributed by atoms with Crippen LogP contribution in [0.25, 0.3) is 11.2 Å². The summed E-state index contributed by atoms with van der Waals surface area (Å²) >= 11 is 2.06. The smallest absolute Gasteiger partial charge is 0.414 e. The molecule has 0 radical (unpaired) electrons. The third-order valence-corrected chi connectivity index (χ3v) is 9.95. The minimum absolute atomic E-state index is 0. The van der Waals surface area contributed by atoms with E-state index >= 15 is 0 Å². The molecule has 2 aliphatic rings. The number of nitrogens with zero attached hydrogens (tertiary/aromatic N) is 7. The maximum atomic E-state index is 13.9. The van der Waals surface area contributed by atoms with Gasteiger partial charge >= 0.3 is 24.3 Å². The SMILES string of the molecule is CCO/N=C(\C(=O)NC1C(=O)N2C(C(=O)OCc3ccc(OC)cc3)=C(C[n+]3cccc4c3ncn4C(F)F)CSC12)c1nsc(NC(=O)OC(C)(C)C)n1.[Br-]. The molecule has 1 aromatic carbocycles. The van der Waals surface area contributed by atoms with E-state index in [2.05, 4.69) is 30.1 Å². The summed E-state index contributed by atoms with van der Waals surface area (Å²) in [5.41, 5.74) is 0.399. The number of aromatic nitrogens is 5. The van der Waals surface area contributed by atoms with Gasteiger partial charge in [0.05, 0.1) is 13.3 Å². The van der Waals surface area contributed by atoms with Crippen LogP contribution in [-0.4, -0.2) is 89.9 Å². The lowest BCUT2D eigenvalue weighted by molar-refractivity contribution is -0.664. The van der Waals surface area contributed by atoms with E-state index in [-0.39, 0.29) is 76.0 Å². The highest BCUT2D eigenvalue weighted by Gasteiger charge is 2.55. The molecule has 22 heteroatoms. The van der Waals surface area contributed by atoms with Crippen LogP contribution < -0.4 is 36.9 Å². The van der Waals surface area contributed by atoms with Crippen LogP contribution in [0.15, 0.2) is 65.3 Å². The Bertz CT molecular complexity index is 2180. The number of nitrogens with one attached hydrogen (secondary N) is 2. The number of β-lactam (4-membered cyclic amide) rings is 1. The molecule has 17 nitrogen and oxygen atoms in total. The highest BCUT2D eigenvalue weighted by Crippen LogP contribution is 2.41. The normalized spacial score (nSPS) is 16.8.